The van der Waals surface area contributed by atoms with Gasteiger partial charge in [-0.3, -0.25) is 19.8 Å². The van der Waals surface area contributed by atoms with Crippen molar-refractivity contribution < 1.29 is 32.3 Å². The molecule has 3 N–H and O–H groups in total. The van der Waals surface area contributed by atoms with E-state index in [1.807, 2.05) is 35.4 Å². The molecule has 4 aliphatic heterocycles. The fourth-order valence-electron chi connectivity index (χ4n) is 11.0. The van der Waals surface area contributed by atoms with E-state index in [1.54, 1.807) is 6.07 Å². The summed E-state index contributed by atoms with van der Waals surface area (Å²) in [5.74, 6) is 0.0310. The van der Waals surface area contributed by atoms with Gasteiger partial charge in [0.1, 0.15) is 17.0 Å². The van der Waals surface area contributed by atoms with E-state index >= 15 is 0 Å². The van der Waals surface area contributed by atoms with E-state index in [1.165, 1.54) is 48.9 Å². The molecule has 348 valence electrons. The fourth-order valence-corrected chi connectivity index (χ4v) is 11.9. The Balaban J connectivity index is 0.895. The number of aromatic amines is 1. The fraction of sp³-hybridized carbons (Fsp3) is 0.469. The predicted molar refractivity (Wildman–Crippen MR) is 253 cm³/mol. The predicted octanol–water partition coefficient (Wildman–Crippen LogP) is 8.05. The van der Waals surface area contributed by atoms with Gasteiger partial charge in [0, 0.05) is 61.6 Å². The van der Waals surface area contributed by atoms with Crippen LogP contribution in [0.2, 0.25) is 0 Å². The molecule has 1 amide bonds. The Morgan fingerprint density at radius 1 is 0.970 bits per heavy atom. The number of pyridine rings is 1. The summed E-state index contributed by atoms with van der Waals surface area (Å²) in [5, 5.41) is 16.0. The van der Waals surface area contributed by atoms with E-state index in [9.17, 15) is 23.3 Å². The van der Waals surface area contributed by atoms with Crippen LogP contribution in [0.3, 0.4) is 0 Å². The Labute approximate surface area is 385 Å². The van der Waals surface area contributed by atoms with E-state index in [0.29, 0.717) is 85.7 Å². The standard InChI is InChI=1S/C49H58N8O8S/c1-32(2)38-7-3-4-8-39(38)42-9-5-18-55(42)35-28-49(29-35)15-20-54(21-16-49)34-10-12-40(43(26-34)56-19-6-22-65-48-45(56)25-33-14-17-50-46(33)52-48)47(58)53-66(61,62)37-11-13-41(44(27-37)57(59)60)51-30-36-31-63-23-24-64-36/h3-4,7-8,10-14,17,25-27,32,35-36,42,51H,5-6,9,15-16,18-24,28-31H2,1-2H3,(H,50,52)(H,53,58)/t36-,42-/m0/s1. The van der Waals surface area contributed by atoms with E-state index in [-0.39, 0.29) is 23.9 Å². The summed E-state index contributed by atoms with van der Waals surface area (Å²) in [6.45, 7) is 9.79. The summed E-state index contributed by atoms with van der Waals surface area (Å²) in [4.78, 5) is 40.6. The number of amides is 1. The Kier molecular flexibility index (Phi) is 12.1. The van der Waals surface area contributed by atoms with Crippen LogP contribution in [-0.4, -0.2) is 105 Å². The minimum absolute atomic E-state index is 0.119. The van der Waals surface area contributed by atoms with E-state index in [4.69, 9.17) is 19.2 Å². The minimum Gasteiger partial charge on any atom is -0.476 e. The van der Waals surface area contributed by atoms with E-state index in [0.717, 1.165) is 49.6 Å². The normalized spacial score (nSPS) is 21.3. The SMILES string of the molecule is CC(C)c1ccccc1[C@@H]1CCCN1C1CC2(CCN(c3ccc(C(=O)NS(=O)(=O)c4ccc(NC[C@H]5COCCO5)c([N+](=O)[O-])c4)c(N4CCCOc5nc6[nH]ccc6cc54)c3)CC2)C1. The number of H-pyrrole nitrogens is 1. The molecule has 2 atom stereocenters. The lowest BCUT2D eigenvalue weighted by Gasteiger charge is -2.56. The van der Waals surface area contributed by atoms with Crippen molar-refractivity contribution in [1.29, 1.82) is 0 Å². The number of nitro benzene ring substituents is 1. The summed E-state index contributed by atoms with van der Waals surface area (Å²) in [5.41, 5.74) is 5.84. The van der Waals surface area contributed by atoms with Crippen molar-refractivity contribution in [3.8, 4) is 5.88 Å². The number of nitrogens with one attached hydrogen (secondary N) is 3. The highest BCUT2D eigenvalue weighted by molar-refractivity contribution is 7.90. The number of hydrogen-bond acceptors (Lipinski definition) is 13. The number of carbonyl (C=O) groups is 1. The van der Waals surface area contributed by atoms with Crippen molar-refractivity contribution in [3.63, 3.8) is 0 Å². The van der Waals surface area contributed by atoms with Crippen LogP contribution in [0.25, 0.3) is 11.0 Å². The third-order valence-electron chi connectivity index (χ3n) is 14.4. The summed E-state index contributed by atoms with van der Waals surface area (Å²) >= 11 is 0. The van der Waals surface area contributed by atoms with Crippen LogP contribution in [0.1, 0.15) is 92.2 Å². The summed E-state index contributed by atoms with van der Waals surface area (Å²) < 4.78 is 47.3. The molecule has 1 spiro atoms. The summed E-state index contributed by atoms with van der Waals surface area (Å²) in [6.07, 6.45) is 9.10. The van der Waals surface area contributed by atoms with Crippen LogP contribution in [0.15, 0.2) is 83.9 Å². The third-order valence-corrected chi connectivity index (χ3v) is 15.8. The number of fused-ring (bicyclic) bond motifs is 2. The van der Waals surface area contributed by atoms with Gasteiger partial charge in [0.05, 0.1) is 53.6 Å². The van der Waals surface area contributed by atoms with Gasteiger partial charge in [-0.05, 0) is 116 Å². The minimum atomic E-state index is -4.58. The zero-order valence-electron chi connectivity index (χ0n) is 37.5. The van der Waals surface area contributed by atoms with Crippen molar-refractivity contribution in [3.05, 3.63) is 106 Å². The van der Waals surface area contributed by atoms with Gasteiger partial charge < -0.3 is 34.3 Å². The molecule has 0 bridgehead atoms. The molecule has 3 aromatic carbocycles. The Morgan fingerprint density at radius 2 is 1.80 bits per heavy atom. The molecule has 16 nitrogen and oxygen atoms in total. The summed E-state index contributed by atoms with van der Waals surface area (Å²) in [7, 11) is -4.58. The van der Waals surface area contributed by atoms with Crippen LogP contribution >= 0.6 is 0 Å². The molecule has 10 rings (SSSR count). The van der Waals surface area contributed by atoms with Crippen LogP contribution in [-0.2, 0) is 19.5 Å². The smallest absolute Gasteiger partial charge is 0.293 e. The third kappa shape index (κ3) is 8.69. The lowest BCUT2D eigenvalue weighted by Crippen LogP contribution is -2.55. The number of nitro groups is 1. The van der Waals surface area contributed by atoms with Crippen LogP contribution in [0.4, 0.5) is 28.4 Å². The average molecular weight is 919 g/mol. The molecular formula is C49H58N8O8S. The lowest BCUT2D eigenvalue weighted by molar-refractivity contribution is -0.384. The Morgan fingerprint density at radius 3 is 2.59 bits per heavy atom. The number of sulfonamides is 1. The van der Waals surface area contributed by atoms with Gasteiger partial charge in [-0.1, -0.05) is 38.1 Å². The van der Waals surface area contributed by atoms with Gasteiger partial charge in [0.15, 0.2) is 0 Å². The largest absolute Gasteiger partial charge is 0.476 e. The monoisotopic (exact) mass is 918 g/mol. The molecule has 1 saturated carbocycles. The number of carbonyl (C=O) groups excluding carboxylic acids is 1. The van der Waals surface area contributed by atoms with Gasteiger partial charge in [-0.25, -0.2) is 13.1 Å². The van der Waals surface area contributed by atoms with Crippen molar-refractivity contribution in [2.45, 2.75) is 87.8 Å². The maximum atomic E-state index is 14.4. The Hall–Kier alpha value is -5.75. The van der Waals surface area contributed by atoms with Crippen molar-refractivity contribution in [1.82, 2.24) is 19.6 Å². The zero-order valence-corrected chi connectivity index (χ0v) is 38.4. The number of aromatic nitrogens is 2. The van der Waals surface area contributed by atoms with Crippen molar-refractivity contribution in [2.24, 2.45) is 5.41 Å². The van der Waals surface area contributed by atoms with Crippen LogP contribution in [0, 0.1) is 15.5 Å². The number of hydrogen-bond donors (Lipinski definition) is 3. The number of ether oxygens (including phenoxy) is 3. The van der Waals surface area contributed by atoms with Gasteiger partial charge in [0.25, 0.3) is 21.6 Å². The van der Waals surface area contributed by atoms with Gasteiger partial charge in [-0.2, -0.15) is 4.98 Å². The van der Waals surface area contributed by atoms with E-state index < -0.39 is 31.4 Å². The van der Waals surface area contributed by atoms with Gasteiger partial charge in [-0.15, -0.1) is 0 Å². The highest BCUT2D eigenvalue weighted by Crippen LogP contribution is 2.54. The molecule has 6 heterocycles. The quantitative estimate of drug-likeness (QED) is 0.0808. The first-order valence-electron chi connectivity index (χ1n) is 23.4. The molecule has 0 unspecified atom stereocenters. The molecule has 66 heavy (non-hydrogen) atoms. The first kappa shape index (κ1) is 44.1. The number of nitrogens with zero attached hydrogens (tertiary/aromatic N) is 5. The van der Waals surface area contributed by atoms with Crippen molar-refractivity contribution in [2.75, 3.05) is 74.3 Å². The first-order valence-corrected chi connectivity index (χ1v) is 24.8. The van der Waals surface area contributed by atoms with Crippen molar-refractivity contribution >= 4 is 55.4 Å². The molecule has 1 aliphatic carbocycles. The second-order valence-electron chi connectivity index (χ2n) is 18.8. The highest BCUT2D eigenvalue weighted by Gasteiger charge is 2.50. The zero-order chi connectivity index (χ0) is 45.6. The first-order chi connectivity index (χ1) is 31.9. The Bertz CT molecular complexity index is 2720. The van der Waals surface area contributed by atoms with Crippen LogP contribution < -0.4 is 24.6 Å². The number of piperidine rings is 1. The topological polar surface area (TPSA) is 185 Å². The molecule has 5 aromatic rings. The summed E-state index contributed by atoms with van der Waals surface area (Å²) in [6, 6.07) is 23.1. The maximum Gasteiger partial charge on any atom is 0.293 e. The molecule has 4 fully saturated rings. The number of likely N-dealkylation sites (tertiary alicyclic amines) is 1. The van der Waals surface area contributed by atoms with E-state index in [2.05, 4.69) is 62.9 Å². The lowest BCUT2D eigenvalue weighted by atomic mass is 9.59. The molecule has 0 radical (unpaired) electrons. The molecule has 17 heteroatoms. The highest BCUT2D eigenvalue weighted by atomic mass is 32.2. The molecule has 2 aromatic heterocycles. The van der Waals surface area contributed by atoms with Crippen LogP contribution in [0.5, 0.6) is 5.88 Å². The second-order valence-corrected chi connectivity index (χ2v) is 20.5. The molecule has 3 saturated heterocycles. The number of anilines is 4. The number of benzene rings is 3. The second kappa shape index (κ2) is 18.1. The maximum absolute atomic E-state index is 14.4. The van der Waals surface area contributed by atoms with Gasteiger partial charge in [0.2, 0.25) is 5.88 Å². The average Bonchev–Trinajstić information content (AvgIpc) is 3.95. The molecular weight excluding hydrogens is 861 g/mol. The number of rotatable bonds is 12. The molecule has 5 aliphatic rings. The van der Waals surface area contributed by atoms with Gasteiger partial charge >= 0.3 is 0 Å².